The third kappa shape index (κ3) is 7.30. The predicted molar refractivity (Wildman–Crippen MR) is 163 cm³/mol. The van der Waals surface area contributed by atoms with Crippen molar-refractivity contribution in [1.29, 1.82) is 0 Å². The van der Waals surface area contributed by atoms with E-state index in [1.807, 2.05) is 20.8 Å². The van der Waals surface area contributed by atoms with Crippen LogP contribution in [0.2, 0.25) is 0 Å². The molecule has 2 aromatic rings. The molecule has 1 saturated carbocycles. The van der Waals surface area contributed by atoms with Crippen molar-refractivity contribution >= 4 is 20.0 Å². The van der Waals surface area contributed by atoms with Crippen LogP contribution in [0.15, 0.2) is 47.6 Å². The number of carboxylic acid groups (broad SMARTS) is 1. The maximum absolute atomic E-state index is 11.5. The Morgan fingerprint density at radius 1 is 1.08 bits per heavy atom. The number of nitrogens with zero attached hydrogens (tertiary/aromatic N) is 2. The molecule has 5 nitrogen and oxygen atoms in total. The summed E-state index contributed by atoms with van der Waals surface area (Å²) in [5, 5.41) is 14.0. The molecule has 3 aliphatic rings. The second-order valence-corrected chi connectivity index (χ2v) is 12.7. The van der Waals surface area contributed by atoms with Gasteiger partial charge in [-0.2, -0.15) is 0 Å². The third-order valence-corrected chi connectivity index (χ3v) is 10.0. The highest BCUT2D eigenvalue weighted by atomic mass is 31.1. The van der Waals surface area contributed by atoms with Crippen LogP contribution in [-0.4, -0.2) is 34.5 Å². The minimum atomic E-state index is -0.669. The normalized spacial score (nSPS) is 22.1. The molecule has 2 fully saturated rings. The zero-order valence-electron chi connectivity index (χ0n) is 24.3. The van der Waals surface area contributed by atoms with Crippen molar-refractivity contribution in [3.63, 3.8) is 0 Å². The van der Waals surface area contributed by atoms with Crippen LogP contribution in [0.4, 0.5) is 0 Å². The van der Waals surface area contributed by atoms with Gasteiger partial charge in [0, 0.05) is 12.1 Å². The number of hydrogen-bond acceptors (Lipinski definition) is 4. The predicted octanol–water partition coefficient (Wildman–Crippen LogP) is 8.47. The van der Waals surface area contributed by atoms with E-state index in [2.05, 4.69) is 59.4 Å². The molecule has 1 aliphatic carbocycles. The number of aryl methyl sites for hydroxylation is 1. The third-order valence-electron chi connectivity index (χ3n) is 8.66. The summed E-state index contributed by atoms with van der Waals surface area (Å²) < 4.78 is 0. The number of carboxylic acids is 1. The van der Waals surface area contributed by atoms with E-state index in [4.69, 9.17) is 4.84 Å². The Bertz CT molecular complexity index is 1120. The zero-order valence-corrected chi connectivity index (χ0v) is 25.3. The fourth-order valence-electron chi connectivity index (χ4n) is 6.09. The lowest BCUT2D eigenvalue weighted by molar-refractivity contribution is -0.150. The van der Waals surface area contributed by atoms with Crippen molar-refractivity contribution in [2.24, 2.45) is 10.6 Å². The Morgan fingerprint density at radius 3 is 2.41 bits per heavy atom. The molecular formula is C33H47N2O3P. The first-order chi connectivity index (χ1) is 18.9. The SMILES string of the molecule is CC.CCCc1cc(C2ON=C(c3ccc(CN4CCC(C)(C(=O)O)CC4)cc3)P2)ccc1C1CCCCC1. The lowest BCUT2D eigenvalue weighted by Gasteiger charge is -2.36. The summed E-state index contributed by atoms with van der Waals surface area (Å²) in [5.41, 5.74) is 7.20. The first kappa shape index (κ1) is 29.7. The lowest BCUT2D eigenvalue weighted by Crippen LogP contribution is -2.42. The van der Waals surface area contributed by atoms with Crippen LogP contribution >= 0.6 is 8.58 Å². The van der Waals surface area contributed by atoms with E-state index in [0.717, 1.165) is 43.0 Å². The highest BCUT2D eigenvalue weighted by Gasteiger charge is 2.36. The molecule has 0 spiro atoms. The number of hydrogen-bond donors (Lipinski definition) is 1. The Morgan fingerprint density at radius 2 is 1.77 bits per heavy atom. The smallest absolute Gasteiger partial charge is 0.309 e. The number of likely N-dealkylation sites (tertiary alicyclic amines) is 1. The minimum Gasteiger partial charge on any atom is -0.481 e. The summed E-state index contributed by atoms with van der Waals surface area (Å²) in [6.45, 7) is 10.7. The minimum absolute atomic E-state index is 0.0163. The standard InChI is InChI=1S/C31H41N2O3P.C2H6/c1-3-7-25-20-26(14-15-27(25)23-8-5-4-6-9-23)29-36-32-28(37-29)24-12-10-22(11-13-24)21-33-18-16-31(2,17-19-33)30(34)35;1-2/h10-15,20,23,29,37H,3-9,16-19,21H2,1-2H3,(H,34,35);1-2H3. The highest BCUT2D eigenvalue weighted by Crippen LogP contribution is 2.45. The van der Waals surface area contributed by atoms with Gasteiger partial charge < -0.3 is 9.94 Å². The Kier molecular flexibility index (Phi) is 10.6. The molecule has 212 valence electrons. The van der Waals surface area contributed by atoms with Crippen molar-refractivity contribution in [2.75, 3.05) is 13.1 Å². The molecule has 0 amide bonds. The molecule has 2 aliphatic heterocycles. The van der Waals surface area contributed by atoms with Crippen LogP contribution in [0.1, 0.15) is 119 Å². The zero-order chi connectivity index (χ0) is 27.8. The highest BCUT2D eigenvalue weighted by molar-refractivity contribution is 7.59. The topological polar surface area (TPSA) is 62.1 Å². The second-order valence-electron chi connectivity index (χ2n) is 11.5. The van der Waals surface area contributed by atoms with Crippen LogP contribution in [-0.2, 0) is 22.6 Å². The molecule has 0 bridgehead atoms. The van der Waals surface area contributed by atoms with Gasteiger partial charge in [0.25, 0.3) is 0 Å². The van der Waals surface area contributed by atoms with Gasteiger partial charge in [-0.15, -0.1) is 0 Å². The van der Waals surface area contributed by atoms with Crippen molar-refractivity contribution in [1.82, 2.24) is 4.90 Å². The Balaban J connectivity index is 0.00000172. The number of aliphatic carboxylic acids is 1. The summed E-state index contributed by atoms with van der Waals surface area (Å²) in [6.07, 6.45) is 10.5. The number of benzene rings is 2. The van der Waals surface area contributed by atoms with E-state index in [-0.39, 0.29) is 5.85 Å². The summed E-state index contributed by atoms with van der Waals surface area (Å²) in [6, 6.07) is 15.8. The molecule has 1 N–H and O–H groups in total. The van der Waals surface area contributed by atoms with Gasteiger partial charge in [-0.25, -0.2) is 0 Å². The molecule has 2 heterocycles. The van der Waals surface area contributed by atoms with Crippen molar-refractivity contribution in [3.8, 4) is 0 Å². The van der Waals surface area contributed by atoms with E-state index >= 15 is 0 Å². The molecule has 0 aromatic heterocycles. The second kappa shape index (κ2) is 13.9. The first-order valence-electron chi connectivity index (χ1n) is 15.1. The molecule has 1 saturated heterocycles. The molecule has 2 atom stereocenters. The molecule has 6 heteroatoms. The largest absolute Gasteiger partial charge is 0.481 e. The first-order valence-corrected chi connectivity index (χ1v) is 16.2. The van der Waals surface area contributed by atoms with Gasteiger partial charge in [0.05, 0.1) is 5.41 Å². The van der Waals surface area contributed by atoms with Gasteiger partial charge in [-0.3, -0.25) is 9.69 Å². The molecule has 0 radical (unpaired) electrons. The average Bonchev–Trinajstić information content (AvgIpc) is 3.47. The van der Waals surface area contributed by atoms with Crippen LogP contribution < -0.4 is 0 Å². The van der Waals surface area contributed by atoms with E-state index in [1.165, 1.54) is 55.2 Å². The van der Waals surface area contributed by atoms with Gasteiger partial charge in [0.2, 0.25) is 0 Å². The van der Waals surface area contributed by atoms with Crippen molar-refractivity contribution < 1.29 is 14.7 Å². The number of carbonyl (C=O) groups is 1. The summed E-state index contributed by atoms with van der Waals surface area (Å²) >= 11 is 0. The van der Waals surface area contributed by atoms with Gasteiger partial charge in [0.1, 0.15) is 5.45 Å². The number of rotatable bonds is 8. The van der Waals surface area contributed by atoms with E-state index in [1.54, 1.807) is 5.56 Å². The number of piperidine rings is 1. The fourth-order valence-corrected chi connectivity index (χ4v) is 7.23. The summed E-state index contributed by atoms with van der Waals surface area (Å²) in [5.74, 6) is 0.0766. The van der Waals surface area contributed by atoms with Crippen LogP contribution in [0.5, 0.6) is 0 Å². The number of oxime groups is 1. The summed E-state index contributed by atoms with van der Waals surface area (Å²) in [4.78, 5) is 19.8. The average molecular weight is 551 g/mol. The van der Waals surface area contributed by atoms with Gasteiger partial charge in [-0.1, -0.05) is 94.1 Å². The van der Waals surface area contributed by atoms with Gasteiger partial charge >= 0.3 is 5.97 Å². The van der Waals surface area contributed by atoms with Gasteiger partial charge in [0.15, 0.2) is 5.85 Å². The molecule has 39 heavy (non-hydrogen) atoms. The van der Waals surface area contributed by atoms with Crippen LogP contribution in [0.3, 0.4) is 0 Å². The molecule has 2 unspecified atom stereocenters. The summed E-state index contributed by atoms with van der Waals surface area (Å²) in [7, 11) is 0.502. The van der Waals surface area contributed by atoms with Crippen molar-refractivity contribution in [3.05, 3.63) is 70.3 Å². The van der Waals surface area contributed by atoms with E-state index < -0.39 is 11.4 Å². The quantitative estimate of drug-likeness (QED) is 0.335. The molecular weight excluding hydrogens is 503 g/mol. The monoisotopic (exact) mass is 550 g/mol. The van der Waals surface area contributed by atoms with E-state index in [9.17, 15) is 9.90 Å². The van der Waals surface area contributed by atoms with Crippen molar-refractivity contribution in [2.45, 2.75) is 104 Å². The van der Waals surface area contributed by atoms with Crippen LogP contribution in [0, 0.1) is 5.41 Å². The van der Waals surface area contributed by atoms with E-state index in [0.29, 0.717) is 21.4 Å². The Hall–Kier alpha value is -2.23. The maximum atomic E-state index is 11.5. The fraction of sp³-hybridized carbons (Fsp3) is 0.576. The molecule has 2 aromatic carbocycles. The maximum Gasteiger partial charge on any atom is 0.309 e. The lowest BCUT2D eigenvalue weighted by atomic mass is 9.80. The Labute approximate surface area is 237 Å². The molecule has 5 rings (SSSR count). The van der Waals surface area contributed by atoms with Gasteiger partial charge in [-0.05, 0) is 88.9 Å². The van der Waals surface area contributed by atoms with Crippen LogP contribution in [0.25, 0.3) is 0 Å².